The average Bonchev–Trinajstić information content (AvgIpc) is 2.30. The molecule has 0 fully saturated rings. The lowest BCUT2D eigenvalue weighted by Crippen LogP contribution is -2.45. The predicted octanol–water partition coefficient (Wildman–Crippen LogP) is 1.64. The van der Waals surface area contributed by atoms with Gasteiger partial charge >= 0.3 is 12.3 Å². The van der Waals surface area contributed by atoms with Crippen molar-refractivity contribution in [3.8, 4) is 0 Å². The molecule has 0 atom stereocenters. The highest BCUT2D eigenvalue weighted by atomic mass is 19.3. The van der Waals surface area contributed by atoms with Crippen molar-refractivity contribution in [1.29, 1.82) is 0 Å². The van der Waals surface area contributed by atoms with Crippen LogP contribution in [0.1, 0.15) is 5.56 Å². The Kier molecular flexibility index (Phi) is 4.42. The van der Waals surface area contributed by atoms with Crippen LogP contribution in [0.3, 0.4) is 0 Å². The average molecular weight is 250 g/mol. The van der Waals surface area contributed by atoms with Crippen molar-refractivity contribution in [2.24, 2.45) is 0 Å². The Labute approximate surface area is 94.8 Å². The van der Waals surface area contributed by atoms with E-state index in [2.05, 4.69) is 4.98 Å². The number of nitrogens with zero attached hydrogens (tertiary/aromatic N) is 1. The van der Waals surface area contributed by atoms with Gasteiger partial charge in [-0.25, -0.2) is 8.78 Å². The molecule has 7 heteroatoms. The van der Waals surface area contributed by atoms with E-state index in [1.807, 2.05) is 0 Å². The molecule has 1 N–H and O–H groups in total. The van der Waals surface area contributed by atoms with Gasteiger partial charge in [-0.15, -0.1) is 0 Å². The van der Waals surface area contributed by atoms with Crippen LogP contribution in [0.5, 0.6) is 0 Å². The maximum absolute atomic E-state index is 12.5. The number of hydrogen-bond donors (Lipinski definition) is 1. The summed E-state index contributed by atoms with van der Waals surface area (Å²) in [6.07, 6.45) is -0.718. The summed E-state index contributed by atoms with van der Waals surface area (Å²) in [4.78, 5) is 14.5. The van der Waals surface area contributed by atoms with Gasteiger partial charge in [0.2, 0.25) is 0 Å². The molecule has 3 nitrogen and oxygen atoms in total. The molecular weight excluding hydrogens is 240 g/mol. The summed E-state index contributed by atoms with van der Waals surface area (Å²) < 4.78 is 48.6. The number of halogens is 4. The first-order valence-corrected chi connectivity index (χ1v) is 4.77. The number of alkyl halides is 4. The first kappa shape index (κ1) is 13.4. The number of rotatable bonds is 5. The first-order valence-electron chi connectivity index (χ1n) is 4.77. The molecular formula is C10H10F4N2O. The van der Waals surface area contributed by atoms with E-state index in [9.17, 15) is 22.4 Å². The van der Waals surface area contributed by atoms with Gasteiger partial charge in [-0.05, 0) is 18.1 Å². The minimum atomic E-state index is -4.64. The molecule has 1 amide bonds. The van der Waals surface area contributed by atoms with Crippen molar-refractivity contribution in [2.75, 3.05) is 6.54 Å². The van der Waals surface area contributed by atoms with Crippen LogP contribution in [0.4, 0.5) is 17.6 Å². The molecule has 0 unspecified atom stereocenters. The predicted molar refractivity (Wildman–Crippen MR) is 51.9 cm³/mol. The van der Waals surface area contributed by atoms with Gasteiger partial charge in [-0.1, -0.05) is 6.07 Å². The molecule has 0 radical (unpaired) electrons. The number of carbonyl (C=O) groups excluding carboxylic acids is 1. The lowest BCUT2D eigenvalue weighted by atomic mass is 10.2. The van der Waals surface area contributed by atoms with Crippen molar-refractivity contribution in [3.05, 3.63) is 30.1 Å². The molecule has 1 rings (SSSR count). The van der Waals surface area contributed by atoms with E-state index in [4.69, 9.17) is 0 Å². The summed E-state index contributed by atoms with van der Waals surface area (Å²) in [6, 6.07) is 3.33. The molecule has 17 heavy (non-hydrogen) atoms. The van der Waals surface area contributed by atoms with Crippen molar-refractivity contribution in [3.63, 3.8) is 0 Å². The normalized spacial score (nSPS) is 11.6. The fourth-order valence-corrected chi connectivity index (χ4v) is 1.08. The van der Waals surface area contributed by atoms with Crippen LogP contribution in [0, 0.1) is 0 Å². The molecule has 0 saturated heterocycles. The summed E-state index contributed by atoms with van der Waals surface area (Å²) in [6.45, 7) is -0.146. The van der Waals surface area contributed by atoms with Crippen LogP contribution < -0.4 is 5.32 Å². The van der Waals surface area contributed by atoms with Gasteiger partial charge in [0, 0.05) is 18.9 Å². The summed E-state index contributed by atoms with van der Waals surface area (Å²) in [5, 5.41) is 1.76. The standard InChI is InChI=1S/C10H10F4N2O/c11-8(12)10(13,14)9(17)16-5-3-7-2-1-4-15-6-7/h1-2,4,6,8H,3,5H2,(H,16,17). The monoisotopic (exact) mass is 250 g/mol. The van der Waals surface area contributed by atoms with Gasteiger partial charge in [0.25, 0.3) is 5.91 Å². The van der Waals surface area contributed by atoms with Gasteiger partial charge in [-0.2, -0.15) is 8.78 Å². The van der Waals surface area contributed by atoms with Crippen LogP contribution in [0.2, 0.25) is 0 Å². The van der Waals surface area contributed by atoms with E-state index in [0.29, 0.717) is 5.56 Å². The molecule has 1 aromatic rings. The number of pyridine rings is 1. The second kappa shape index (κ2) is 5.60. The second-order valence-corrected chi connectivity index (χ2v) is 3.29. The Morgan fingerprint density at radius 2 is 2.18 bits per heavy atom. The Hall–Kier alpha value is -1.66. The third-order valence-corrected chi connectivity index (χ3v) is 2.00. The minimum absolute atomic E-state index is 0.146. The largest absolute Gasteiger partial charge is 0.383 e. The minimum Gasteiger partial charge on any atom is -0.350 e. The van der Waals surface area contributed by atoms with Gasteiger partial charge in [0.05, 0.1) is 0 Å². The highest BCUT2D eigenvalue weighted by Crippen LogP contribution is 2.22. The topological polar surface area (TPSA) is 42.0 Å². The number of hydrogen-bond acceptors (Lipinski definition) is 2. The molecule has 0 saturated carbocycles. The van der Waals surface area contributed by atoms with E-state index < -0.39 is 18.3 Å². The maximum Gasteiger partial charge on any atom is 0.383 e. The number of aromatic nitrogens is 1. The SMILES string of the molecule is O=C(NCCc1cccnc1)C(F)(F)C(F)F. The molecule has 94 valence electrons. The van der Waals surface area contributed by atoms with Gasteiger partial charge in [-0.3, -0.25) is 9.78 Å². The Morgan fingerprint density at radius 1 is 1.47 bits per heavy atom. The zero-order chi connectivity index (χ0) is 12.9. The molecule has 0 spiro atoms. The van der Waals surface area contributed by atoms with Gasteiger partial charge < -0.3 is 5.32 Å². The fourth-order valence-electron chi connectivity index (χ4n) is 1.08. The summed E-state index contributed by atoms with van der Waals surface area (Å²) in [5.41, 5.74) is 0.716. The summed E-state index contributed by atoms with van der Waals surface area (Å²) in [5.74, 6) is -6.61. The van der Waals surface area contributed by atoms with E-state index in [-0.39, 0.29) is 13.0 Å². The quantitative estimate of drug-likeness (QED) is 0.807. The lowest BCUT2D eigenvalue weighted by molar-refractivity contribution is -0.169. The maximum atomic E-state index is 12.5. The summed E-state index contributed by atoms with van der Waals surface area (Å²) in [7, 11) is 0. The Balaban J connectivity index is 2.40. The van der Waals surface area contributed by atoms with Gasteiger partial charge in [0.1, 0.15) is 0 Å². The van der Waals surface area contributed by atoms with E-state index in [1.165, 1.54) is 12.4 Å². The van der Waals surface area contributed by atoms with Crippen LogP contribution in [0.25, 0.3) is 0 Å². The number of nitrogens with one attached hydrogen (secondary N) is 1. The molecule has 0 bridgehead atoms. The highest BCUT2D eigenvalue weighted by molar-refractivity contribution is 5.83. The molecule has 1 heterocycles. The molecule has 0 aliphatic rings. The second-order valence-electron chi connectivity index (χ2n) is 3.29. The number of amides is 1. The number of carbonyl (C=O) groups is 1. The summed E-state index contributed by atoms with van der Waals surface area (Å²) >= 11 is 0. The van der Waals surface area contributed by atoms with Crippen molar-refractivity contribution < 1.29 is 22.4 Å². The lowest BCUT2D eigenvalue weighted by Gasteiger charge is -2.14. The smallest absolute Gasteiger partial charge is 0.350 e. The van der Waals surface area contributed by atoms with Gasteiger partial charge in [0.15, 0.2) is 0 Å². The molecule has 0 aliphatic carbocycles. The third kappa shape index (κ3) is 3.69. The Morgan fingerprint density at radius 3 is 2.71 bits per heavy atom. The van der Waals surface area contributed by atoms with Crippen molar-refractivity contribution in [1.82, 2.24) is 10.3 Å². The van der Waals surface area contributed by atoms with Crippen LogP contribution in [-0.2, 0) is 11.2 Å². The van der Waals surface area contributed by atoms with Crippen LogP contribution in [0.15, 0.2) is 24.5 Å². The third-order valence-electron chi connectivity index (χ3n) is 2.00. The molecule has 0 aromatic carbocycles. The first-order chi connectivity index (χ1) is 7.94. The van der Waals surface area contributed by atoms with Crippen LogP contribution >= 0.6 is 0 Å². The highest BCUT2D eigenvalue weighted by Gasteiger charge is 2.48. The zero-order valence-electron chi connectivity index (χ0n) is 8.67. The Bertz CT molecular complexity index is 370. The van der Waals surface area contributed by atoms with Crippen LogP contribution in [-0.4, -0.2) is 29.8 Å². The van der Waals surface area contributed by atoms with E-state index in [1.54, 1.807) is 17.4 Å². The van der Waals surface area contributed by atoms with E-state index >= 15 is 0 Å². The molecule has 0 aliphatic heterocycles. The van der Waals surface area contributed by atoms with Crippen molar-refractivity contribution in [2.45, 2.75) is 18.8 Å². The van der Waals surface area contributed by atoms with E-state index in [0.717, 1.165) is 0 Å². The molecule has 1 aromatic heterocycles. The fraction of sp³-hybridized carbons (Fsp3) is 0.400. The zero-order valence-corrected chi connectivity index (χ0v) is 8.67. The van der Waals surface area contributed by atoms with Crippen molar-refractivity contribution >= 4 is 5.91 Å².